The van der Waals surface area contributed by atoms with E-state index in [9.17, 15) is 9.90 Å². The number of aromatic carboxylic acids is 1. The number of fused-ring (bicyclic) bond motifs is 1. The van der Waals surface area contributed by atoms with Gasteiger partial charge in [-0.2, -0.15) is 0 Å². The number of thiazole rings is 1. The number of rotatable bonds is 2. The van der Waals surface area contributed by atoms with Crippen LogP contribution in [0.1, 0.15) is 37.2 Å². The zero-order chi connectivity index (χ0) is 12.9. The van der Waals surface area contributed by atoms with Gasteiger partial charge in [-0.15, -0.1) is 11.3 Å². The molecule has 0 aromatic carbocycles. The number of carboxylic acid groups (broad SMARTS) is 1. The number of nitrogens with zero attached hydrogens (tertiary/aromatic N) is 3. The van der Waals surface area contributed by atoms with E-state index in [1.54, 1.807) is 10.6 Å². The molecule has 0 atom stereocenters. The van der Waals surface area contributed by atoms with Gasteiger partial charge >= 0.3 is 5.97 Å². The molecule has 3 heterocycles. The largest absolute Gasteiger partial charge is 0.476 e. The van der Waals surface area contributed by atoms with E-state index in [1.165, 1.54) is 11.3 Å². The first-order chi connectivity index (χ1) is 8.50. The van der Waals surface area contributed by atoms with Crippen LogP contribution in [0.3, 0.4) is 0 Å². The Bertz CT molecular complexity index is 614. The summed E-state index contributed by atoms with van der Waals surface area (Å²) in [4.78, 5) is 18.8. The third-order valence-corrected chi connectivity index (χ3v) is 4.36. The highest BCUT2D eigenvalue weighted by atomic mass is 32.1. The van der Waals surface area contributed by atoms with E-state index in [0.29, 0.717) is 5.82 Å². The number of carbonyl (C=O) groups is 1. The van der Waals surface area contributed by atoms with Crippen LogP contribution in [-0.4, -0.2) is 32.5 Å². The van der Waals surface area contributed by atoms with Crippen molar-refractivity contribution in [2.45, 2.75) is 32.2 Å². The predicted molar refractivity (Wildman–Crippen MR) is 70.7 cm³/mol. The molecule has 0 saturated carbocycles. The van der Waals surface area contributed by atoms with E-state index in [1.807, 2.05) is 5.38 Å². The van der Waals surface area contributed by atoms with E-state index in [4.69, 9.17) is 0 Å². The molecule has 0 spiro atoms. The lowest BCUT2D eigenvalue weighted by Crippen LogP contribution is -2.39. The lowest BCUT2D eigenvalue weighted by Gasteiger charge is -2.32. The smallest absolute Gasteiger partial charge is 0.356 e. The first kappa shape index (κ1) is 11.5. The maximum atomic E-state index is 11.5. The number of aromatic nitrogens is 2. The second-order valence-electron chi connectivity index (χ2n) is 5.21. The van der Waals surface area contributed by atoms with Crippen molar-refractivity contribution in [3.63, 3.8) is 0 Å². The molecule has 1 aliphatic rings. The topological polar surface area (TPSA) is 57.8 Å². The second-order valence-corrected chi connectivity index (χ2v) is 6.09. The fraction of sp³-hybridized carbons (Fsp3) is 0.500. The fourth-order valence-corrected chi connectivity index (χ4v) is 3.37. The molecular weight excluding hydrogens is 250 g/mol. The van der Waals surface area contributed by atoms with Crippen LogP contribution in [0.25, 0.3) is 4.96 Å². The van der Waals surface area contributed by atoms with Crippen molar-refractivity contribution in [1.29, 1.82) is 0 Å². The summed E-state index contributed by atoms with van der Waals surface area (Å²) >= 11 is 1.46. The summed E-state index contributed by atoms with van der Waals surface area (Å²) in [7, 11) is 0. The quantitative estimate of drug-likeness (QED) is 0.906. The van der Waals surface area contributed by atoms with E-state index >= 15 is 0 Å². The lowest BCUT2D eigenvalue weighted by molar-refractivity contribution is 0.0690. The maximum absolute atomic E-state index is 11.5. The van der Waals surface area contributed by atoms with Crippen LogP contribution < -0.4 is 4.90 Å². The van der Waals surface area contributed by atoms with Crippen LogP contribution in [0.5, 0.6) is 0 Å². The van der Waals surface area contributed by atoms with Crippen molar-refractivity contribution in [2.24, 2.45) is 0 Å². The standard InChI is InChI=1S/C12H15N3O2S/c1-12(2)4-3-5-15(12)9-8(10(16)17)14-6-7-18-11(14)13-9/h6-7H,3-5H2,1-2H3,(H,16,17). The number of anilines is 1. The molecular formula is C12H15N3O2S. The van der Waals surface area contributed by atoms with Crippen LogP contribution in [0, 0.1) is 0 Å². The predicted octanol–water partition coefficient (Wildman–Crippen LogP) is 2.47. The molecule has 0 unspecified atom stereocenters. The molecule has 6 heteroatoms. The molecule has 0 radical (unpaired) electrons. The SMILES string of the molecule is CC1(C)CCCN1c1nc2sccn2c1C(=O)O. The normalized spacial score (nSPS) is 18.7. The number of hydrogen-bond donors (Lipinski definition) is 1. The highest BCUT2D eigenvalue weighted by molar-refractivity contribution is 7.15. The molecule has 0 aliphatic carbocycles. The Morgan fingerprint density at radius 3 is 2.94 bits per heavy atom. The van der Waals surface area contributed by atoms with Crippen LogP contribution in [-0.2, 0) is 0 Å². The van der Waals surface area contributed by atoms with Gasteiger partial charge in [-0.1, -0.05) is 0 Å². The third kappa shape index (κ3) is 1.52. The Balaban J connectivity index is 2.19. The number of hydrogen-bond acceptors (Lipinski definition) is 4. The van der Waals surface area contributed by atoms with E-state index in [2.05, 4.69) is 23.7 Å². The van der Waals surface area contributed by atoms with Gasteiger partial charge in [0.1, 0.15) is 0 Å². The van der Waals surface area contributed by atoms with Gasteiger partial charge in [0.2, 0.25) is 0 Å². The Hall–Kier alpha value is -1.56. The summed E-state index contributed by atoms with van der Waals surface area (Å²) in [5.41, 5.74) is 0.259. The van der Waals surface area contributed by atoms with Gasteiger partial charge in [-0.25, -0.2) is 9.78 Å². The van der Waals surface area contributed by atoms with Gasteiger partial charge in [-0.05, 0) is 26.7 Å². The van der Waals surface area contributed by atoms with Crippen LogP contribution in [0.4, 0.5) is 5.82 Å². The summed E-state index contributed by atoms with van der Waals surface area (Å²) in [6, 6.07) is 0. The Kier molecular flexibility index (Phi) is 2.38. The monoisotopic (exact) mass is 265 g/mol. The van der Waals surface area contributed by atoms with E-state index in [0.717, 1.165) is 24.3 Å². The van der Waals surface area contributed by atoms with Crippen molar-refractivity contribution in [2.75, 3.05) is 11.4 Å². The molecule has 3 rings (SSSR count). The van der Waals surface area contributed by atoms with Crippen LogP contribution in [0.15, 0.2) is 11.6 Å². The first-order valence-corrected chi connectivity index (χ1v) is 6.85. The third-order valence-electron chi connectivity index (χ3n) is 3.60. The van der Waals surface area contributed by atoms with Gasteiger partial charge in [0, 0.05) is 23.7 Å². The van der Waals surface area contributed by atoms with Gasteiger partial charge < -0.3 is 10.0 Å². The minimum Gasteiger partial charge on any atom is -0.476 e. The number of imidazole rings is 1. The van der Waals surface area contributed by atoms with E-state index < -0.39 is 5.97 Å². The summed E-state index contributed by atoms with van der Waals surface area (Å²) < 4.78 is 1.66. The van der Waals surface area contributed by atoms with Crippen LogP contribution >= 0.6 is 11.3 Å². The molecule has 5 nitrogen and oxygen atoms in total. The Morgan fingerprint density at radius 1 is 1.56 bits per heavy atom. The molecule has 1 aliphatic heterocycles. The van der Waals surface area contributed by atoms with Crippen LogP contribution in [0.2, 0.25) is 0 Å². The Labute approximate surface area is 109 Å². The molecule has 0 amide bonds. The van der Waals surface area contributed by atoms with Crippen molar-refractivity contribution >= 4 is 28.1 Å². The second kappa shape index (κ2) is 3.71. The summed E-state index contributed by atoms with van der Waals surface area (Å²) in [5.74, 6) is -0.310. The summed E-state index contributed by atoms with van der Waals surface area (Å²) in [6.07, 6.45) is 3.91. The zero-order valence-corrected chi connectivity index (χ0v) is 11.2. The molecule has 96 valence electrons. The average molecular weight is 265 g/mol. The lowest BCUT2D eigenvalue weighted by atomic mass is 10.0. The molecule has 1 N–H and O–H groups in total. The van der Waals surface area contributed by atoms with Gasteiger partial charge in [0.05, 0.1) is 0 Å². The summed E-state index contributed by atoms with van der Waals surface area (Å²) in [5, 5.41) is 11.3. The average Bonchev–Trinajstić information content (AvgIpc) is 2.88. The summed E-state index contributed by atoms with van der Waals surface area (Å²) in [6.45, 7) is 5.15. The molecule has 1 saturated heterocycles. The van der Waals surface area contributed by atoms with Crippen molar-refractivity contribution in [1.82, 2.24) is 9.38 Å². The highest BCUT2D eigenvalue weighted by Crippen LogP contribution is 2.36. The Morgan fingerprint density at radius 2 is 2.33 bits per heavy atom. The first-order valence-electron chi connectivity index (χ1n) is 5.97. The number of carboxylic acids is 1. The van der Waals surface area contributed by atoms with Gasteiger partial charge in [0.25, 0.3) is 0 Å². The maximum Gasteiger partial charge on any atom is 0.356 e. The van der Waals surface area contributed by atoms with Gasteiger partial charge in [0.15, 0.2) is 16.5 Å². The zero-order valence-electron chi connectivity index (χ0n) is 10.4. The molecule has 18 heavy (non-hydrogen) atoms. The van der Waals surface area contributed by atoms with Crippen molar-refractivity contribution in [3.05, 3.63) is 17.3 Å². The highest BCUT2D eigenvalue weighted by Gasteiger charge is 2.36. The molecule has 2 aromatic rings. The van der Waals surface area contributed by atoms with Crippen molar-refractivity contribution in [3.8, 4) is 0 Å². The minimum atomic E-state index is -0.918. The minimum absolute atomic E-state index is 0.0196. The van der Waals surface area contributed by atoms with E-state index in [-0.39, 0.29) is 11.2 Å². The fourth-order valence-electron chi connectivity index (χ4n) is 2.66. The van der Waals surface area contributed by atoms with Gasteiger partial charge in [-0.3, -0.25) is 4.40 Å². The van der Waals surface area contributed by atoms with Crippen molar-refractivity contribution < 1.29 is 9.90 Å². The molecule has 0 bridgehead atoms. The molecule has 1 fully saturated rings. The molecule has 2 aromatic heterocycles.